The van der Waals surface area contributed by atoms with Crippen molar-refractivity contribution in [2.45, 2.75) is 196 Å². The summed E-state index contributed by atoms with van der Waals surface area (Å²) >= 11 is 0. The van der Waals surface area contributed by atoms with E-state index in [1.807, 2.05) is 13.8 Å². The number of aliphatic hydroxyl groups excluding tert-OH is 4. The number of hydrogen-bond acceptors (Lipinski definition) is 20. The van der Waals surface area contributed by atoms with Gasteiger partial charge < -0.3 is 94.5 Å². The summed E-state index contributed by atoms with van der Waals surface area (Å²) in [5, 5.41) is 85.4. The molecule has 32 nitrogen and oxygen atoms in total. The first-order chi connectivity index (χ1) is 50.2. The minimum atomic E-state index is -1.85. The molecule has 3 aliphatic heterocycles. The summed E-state index contributed by atoms with van der Waals surface area (Å²) in [6.45, 7) is 6.16. The number of nitrogens with one attached hydrogen (secondary N) is 9. The van der Waals surface area contributed by atoms with Crippen LogP contribution in [0.1, 0.15) is 107 Å². The van der Waals surface area contributed by atoms with E-state index in [1.165, 1.54) is 35.4 Å². The predicted molar refractivity (Wildman–Crippen MR) is 378 cm³/mol. The van der Waals surface area contributed by atoms with Crippen molar-refractivity contribution in [3.8, 4) is 5.75 Å². The Bertz CT molecular complexity index is 3780. The van der Waals surface area contributed by atoms with Gasteiger partial charge in [-0.1, -0.05) is 136 Å². The van der Waals surface area contributed by atoms with Crippen molar-refractivity contribution < 1.29 is 83.0 Å². The van der Waals surface area contributed by atoms with Gasteiger partial charge in [0.1, 0.15) is 90.6 Å². The van der Waals surface area contributed by atoms with Crippen LogP contribution < -0.4 is 59.3 Å². The summed E-state index contributed by atoms with van der Waals surface area (Å²) in [7, 11) is 0. The summed E-state index contributed by atoms with van der Waals surface area (Å²) in [6, 6.07) is 16.4. The summed E-state index contributed by atoms with van der Waals surface area (Å²) in [6.07, 6.45) is -9.15. The molecule has 0 radical (unpaired) electrons. The molecule has 566 valence electrons. The van der Waals surface area contributed by atoms with Crippen molar-refractivity contribution in [1.82, 2.24) is 67.7 Å². The fourth-order valence-corrected chi connectivity index (χ4v) is 12.8. The van der Waals surface area contributed by atoms with Crippen molar-refractivity contribution in [3.63, 3.8) is 0 Å². The van der Waals surface area contributed by atoms with E-state index >= 15 is 28.8 Å². The molecular weight excluding hydrogens is 1360 g/mol. The second kappa shape index (κ2) is 38.5. The van der Waals surface area contributed by atoms with Crippen LogP contribution >= 0.6 is 0 Å². The number of amides is 11. The zero-order chi connectivity index (χ0) is 76.0. The molecule has 0 aliphatic carbocycles. The third kappa shape index (κ3) is 22.9. The van der Waals surface area contributed by atoms with Crippen LogP contribution in [0, 0.1) is 11.8 Å². The van der Waals surface area contributed by atoms with Gasteiger partial charge in [-0.15, -0.1) is 5.10 Å². The topological polar surface area (TPSA) is 492 Å². The number of primary amides is 1. The van der Waals surface area contributed by atoms with Gasteiger partial charge in [-0.05, 0) is 91.3 Å². The molecule has 0 unspecified atom stereocenters. The van der Waals surface area contributed by atoms with Gasteiger partial charge in [0.15, 0.2) is 6.23 Å². The number of phenolic OH excluding ortho intramolecular Hbond substituents is 1. The van der Waals surface area contributed by atoms with Crippen LogP contribution in [0.15, 0.2) is 121 Å². The van der Waals surface area contributed by atoms with Crippen molar-refractivity contribution in [3.05, 3.63) is 149 Å². The number of aromatic nitrogens is 3. The van der Waals surface area contributed by atoms with Crippen LogP contribution in [-0.2, 0) is 89.6 Å². The largest absolute Gasteiger partial charge is 0.508 e. The van der Waals surface area contributed by atoms with Gasteiger partial charge >= 0.3 is 0 Å². The van der Waals surface area contributed by atoms with Crippen LogP contribution in [0.2, 0.25) is 0 Å². The van der Waals surface area contributed by atoms with E-state index in [-0.39, 0.29) is 81.8 Å². The number of phenols is 1. The zero-order valence-corrected chi connectivity index (χ0v) is 59.0. The van der Waals surface area contributed by atoms with Gasteiger partial charge in [0, 0.05) is 45.1 Å². The maximum Gasteiger partial charge on any atom is 0.246 e. The second-order valence-corrected chi connectivity index (χ2v) is 27.5. The Labute approximate surface area is 607 Å². The van der Waals surface area contributed by atoms with Gasteiger partial charge in [-0.2, -0.15) is 0 Å². The monoisotopic (exact) mass is 1460 g/mol. The maximum absolute atomic E-state index is 15.4. The highest BCUT2D eigenvalue weighted by atomic mass is 16.6. The highest BCUT2D eigenvalue weighted by Crippen LogP contribution is 2.29. The highest BCUT2D eigenvalue weighted by Gasteiger charge is 2.46. The summed E-state index contributed by atoms with van der Waals surface area (Å²) in [4.78, 5) is 165. The fourth-order valence-electron chi connectivity index (χ4n) is 12.8. The summed E-state index contributed by atoms with van der Waals surface area (Å²) in [5.41, 5.74) is 13.6. The molecule has 32 heteroatoms. The van der Waals surface area contributed by atoms with Crippen molar-refractivity contribution in [2.24, 2.45) is 23.3 Å². The highest BCUT2D eigenvalue weighted by molar-refractivity contribution is 6.00. The van der Waals surface area contributed by atoms with Crippen LogP contribution in [0.5, 0.6) is 5.75 Å². The van der Waals surface area contributed by atoms with Crippen LogP contribution in [0.25, 0.3) is 0 Å². The molecule has 0 spiro atoms. The van der Waals surface area contributed by atoms with Crippen molar-refractivity contribution in [1.29, 1.82) is 0 Å². The van der Waals surface area contributed by atoms with Crippen molar-refractivity contribution >= 4 is 65.0 Å². The summed E-state index contributed by atoms with van der Waals surface area (Å²) < 4.78 is 6.63. The summed E-state index contributed by atoms with van der Waals surface area (Å²) in [5.74, 6) is -11.0. The lowest BCUT2D eigenvalue weighted by molar-refractivity contribution is -0.254. The van der Waals surface area contributed by atoms with E-state index in [1.54, 1.807) is 105 Å². The average Bonchev–Trinajstić information content (AvgIpc) is 1.77. The molecule has 18 N–H and O–H groups in total. The van der Waals surface area contributed by atoms with Gasteiger partial charge in [0.2, 0.25) is 65.0 Å². The Kier molecular flexibility index (Phi) is 29.5. The van der Waals surface area contributed by atoms with E-state index in [9.17, 15) is 49.5 Å². The molecule has 3 aliphatic rings. The number of hydrogen-bond donors (Lipinski definition) is 16. The Morgan fingerprint density at radius 1 is 0.533 bits per heavy atom. The minimum Gasteiger partial charge on any atom is -0.508 e. The minimum absolute atomic E-state index is 0.0440. The van der Waals surface area contributed by atoms with Gasteiger partial charge in [0.05, 0.1) is 18.5 Å². The Hall–Kier alpha value is -10.3. The molecule has 0 bridgehead atoms. The van der Waals surface area contributed by atoms with Crippen molar-refractivity contribution in [2.75, 3.05) is 19.7 Å². The molecular formula is C73H97N15O17. The van der Waals surface area contributed by atoms with E-state index in [2.05, 4.69) is 58.2 Å². The fraction of sp³-hybridized carbons (Fsp3) is 0.493. The second-order valence-electron chi connectivity index (χ2n) is 27.5. The molecule has 8 rings (SSSR count). The van der Waals surface area contributed by atoms with Crippen LogP contribution in [0.3, 0.4) is 0 Å². The molecule has 1 aromatic heterocycles. The number of ether oxygens (including phenoxy) is 1. The quantitative estimate of drug-likeness (QED) is 0.0362. The van der Waals surface area contributed by atoms with Gasteiger partial charge in [-0.25, -0.2) is 4.68 Å². The number of fused-ring (bicyclic) bond motifs is 1. The molecule has 4 heterocycles. The lowest BCUT2D eigenvalue weighted by Gasteiger charge is -2.39. The molecule has 5 aromatic rings. The van der Waals surface area contributed by atoms with E-state index < -0.39 is 188 Å². The standard InChI is InChI=1S/C73H97N15O17/c1-40(2)32-50-65(97)83-55(36-44-20-12-7-13-21-44)72(104)87-31-15-23-56(87)70(102)82-52(34-43-18-10-6-11-19-43)67(99)80-51(33-42-16-8-5-9-17-42)66(98)81-54(37-46-38-88(86-85-46)73-62(94)61(93)60(92)57(39-89)105-73)68(100)76-49(28-29-58(75)91)64(96)79-53(35-45-24-26-47(90)27-25-45)69(101)84-59(41(3)4)71(103)77-48(22-14-30-74)63(95)78-50/h5-13,16-21,24-27,38,40-41,48-57,59-62,73,89-90,92-94H,14-15,22-23,28-37,39,74H2,1-4H3,(H2,75,91)(H,76,100)(H,77,103)(H,78,95)(H,79,96)(H,80,99)(H,81,98)(H,82,102)(H,83,97)(H,84,101)/t48-,49-,50-,51+,52-,53-,54-,55+,56-,57+,59-,60+,61-,62+,73+/m0/s1. The Morgan fingerprint density at radius 3 is 1.48 bits per heavy atom. The number of aliphatic hydroxyl groups is 4. The third-order valence-corrected chi connectivity index (χ3v) is 18.5. The van der Waals surface area contributed by atoms with Gasteiger partial charge in [-0.3, -0.25) is 52.7 Å². The number of rotatable bonds is 21. The van der Waals surface area contributed by atoms with Crippen LogP contribution in [-0.4, -0.2) is 215 Å². The maximum atomic E-state index is 15.4. The van der Waals surface area contributed by atoms with E-state index in [4.69, 9.17) is 16.2 Å². The number of carbonyl (C=O) groups excluding carboxylic acids is 11. The van der Waals surface area contributed by atoms with E-state index in [0.717, 1.165) is 4.68 Å². The smallest absolute Gasteiger partial charge is 0.246 e. The molecule has 11 amide bonds. The molecule has 3 saturated heterocycles. The molecule has 15 atom stereocenters. The first-order valence-electron chi connectivity index (χ1n) is 35.3. The lowest BCUT2D eigenvalue weighted by Crippen LogP contribution is -2.62. The molecule has 105 heavy (non-hydrogen) atoms. The average molecular weight is 1460 g/mol. The number of aromatic hydroxyl groups is 1. The number of benzene rings is 4. The van der Waals surface area contributed by atoms with E-state index in [0.29, 0.717) is 28.7 Å². The molecule has 0 saturated carbocycles. The zero-order valence-electron chi connectivity index (χ0n) is 59.0. The predicted octanol–water partition coefficient (Wildman–Crippen LogP) is -2.46. The third-order valence-electron chi connectivity index (χ3n) is 18.5. The Balaban J connectivity index is 1.24. The molecule has 4 aromatic carbocycles. The first kappa shape index (κ1) is 80.4. The first-order valence-corrected chi connectivity index (χ1v) is 35.3. The van der Waals surface area contributed by atoms with Gasteiger partial charge in [0.25, 0.3) is 0 Å². The number of nitrogens with two attached hydrogens (primary N) is 2. The molecule has 3 fully saturated rings. The lowest BCUT2D eigenvalue weighted by atomic mass is 9.98. The van der Waals surface area contributed by atoms with Crippen LogP contribution in [0.4, 0.5) is 0 Å². The SMILES string of the molecule is CC(C)C[C@@H]1NC(=O)[C@H](CCCN)NC(=O)[C@H](C(C)C)NC(=O)[C@H](Cc2ccc(O)cc2)NC(=O)[C@H](CCC(N)=O)NC(=O)[C@H](Cc2cn([C@@H]3O[C@H](CO)[C@@H](O)[C@H](O)[C@H]3O)nn2)NC(=O)[C@@H](Cc2ccccc2)NC(=O)[C@H](Cc2ccccc2)NC(=O)[C@@H]2CCCN2C(=O)[C@@H](Cc2ccccc2)NC1=O. The number of carbonyl (C=O) groups is 11. The normalized spacial score (nSPS) is 26.9. The Morgan fingerprint density at radius 2 is 0.971 bits per heavy atom. The number of nitrogens with zero attached hydrogens (tertiary/aromatic N) is 4.